The first-order chi connectivity index (χ1) is 17.0. The largest absolute Gasteiger partial charge is 0.494 e. The molecule has 1 aromatic heterocycles. The van der Waals surface area contributed by atoms with Crippen LogP contribution in [0.2, 0.25) is 0 Å². The van der Waals surface area contributed by atoms with E-state index in [0.29, 0.717) is 18.0 Å². The Labute approximate surface area is 198 Å². The van der Waals surface area contributed by atoms with Crippen molar-refractivity contribution in [1.29, 1.82) is 0 Å². The number of nitrogens with zero attached hydrogens (tertiary/aromatic N) is 4. The Morgan fingerprint density at radius 3 is 2.46 bits per heavy atom. The molecule has 1 aliphatic rings. The number of amides is 3. The Hall–Kier alpha value is -4.86. The van der Waals surface area contributed by atoms with Crippen LogP contribution in [0.1, 0.15) is 38.0 Å². The van der Waals surface area contributed by atoms with Crippen molar-refractivity contribution in [3.05, 3.63) is 95.8 Å². The zero-order valence-electron chi connectivity index (χ0n) is 18.4. The van der Waals surface area contributed by atoms with Crippen molar-refractivity contribution >= 4 is 29.1 Å². The van der Waals surface area contributed by atoms with Crippen molar-refractivity contribution in [2.45, 2.75) is 6.92 Å². The Balaban J connectivity index is 1.36. The number of carbonyl (C=O) groups excluding carboxylic acids is 3. The molecule has 10 heteroatoms. The molecule has 2 heterocycles. The molecule has 4 aromatic rings. The minimum atomic E-state index is -0.603. The van der Waals surface area contributed by atoms with Gasteiger partial charge in [-0.05, 0) is 67.6 Å². The first kappa shape index (κ1) is 22.0. The lowest BCUT2D eigenvalue weighted by Gasteiger charge is -2.14. The number of ether oxygens (including phenoxy) is 1. The Morgan fingerprint density at radius 2 is 1.77 bits per heavy atom. The van der Waals surface area contributed by atoms with Gasteiger partial charge in [0.25, 0.3) is 17.7 Å². The molecule has 0 aliphatic carbocycles. The van der Waals surface area contributed by atoms with Gasteiger partial charge < -0.3 is 10.1 Å². The van der Waals surface area contributed by atoms with Crippen LogP contribution in [-0.4, -0.2) is 39.1 Å². The molecule has 0 bridgehead atoms. The first-order valence-electron chi connectivity index (χ1n) is 10.7. The first-order valence-corrected chi connectivity index (χ1v) is 10.7. The summed E-state index contributed by atoms with van der Waals surface area (Å²) in [7, 11) is 0. The van der Waals surface area contributed by atoms with Crippen molar-refractivity contribution < 1.29 is 23.5 Å². The molecule has 174 valence electrons. The number of halogens is 1. The number of hydrogen-bond donors (Lipinski definition) is 1. The molecule has 3 amide bonds. The van der Waals surface area contributed by atoms with Crippen molar-refractivity contribution in [2.24, 2.45) is 0 Å². The Bertz CT molecular complexity index is 1450. The Kier molecular flexibility index (Phi) is 5.54. The van der Waals surface area contributed by atoms with Crippen molar-refractivity contribution in [3.63, 3.8) is 0 Å². The quantitative estimate of drug-likeness (QED) is 0.428. The van der Waals surface area contributed by atoms with E-state index in [1.54, 1.807) is 24.3 Å². The molecule has 35 heavy (non-hydrogen) atoms. The van der Waals surface area contributed by atoms with Gasteiger partial charge >= 0.3 is 0 Å². The molecule has 1 N–H and O–H groups in total. The van der Waals surface area contributed by atoms with Gasteiger partial charge in [0, 0.05) is 11.3 Å². The van der Waals surface area contributed by atoms with Gasteiger partial charge in [0.05, 0.1) is 23.4 Å². The zero-order chi connectivity index (χ0) is 24.5. The van der Waals surface area contributed by atoms with Gasteiger partial charge in [0.1, 0.15) is 24.1 Å². The van der Waals surface area contributed by atoms with E-state index in [1.165, 1.54) is 47.7 Å². The summed E-state index contributed by atoms with van der Waals surface area (Å²) in [6.07, 6.45) is 2.64. The maximum absolute atomic E-state index is 14.5. The number of fused-ring (bicyclic) bond motifs is 1. The van der Waals surface area contributed by atoms with Crippen LogP contribution >= 0.6 is 0 Å². The smallest absolute Gasteiger partial charge is 0.266 e. The maximum atomic E-state index is 14.5. The fourth-order valence-corrected chi connectivity index (χ4v) is 3.78. The highest BCUT2D eigenvalue weighted by atomic mass is 19.1. The van der Waals surface area contributed by atoms with E-state index in [4.69, 9.17) is 4.74 Å². The standard InChI is InChI=1S/C25H18FN5O4/c1-2-35-18-7-5-17(6-8-18)31-24(33)19-9-3-15(11-20(19)25(31)34)23(32)29-16-4-10-22(21(26)12-16)30-14-27-13-28-30/h3-14H,2H2,1H3,(H,29,32). The third-order valence-electron chi connectivity index (χ3n) is 5.43. The normalized spacial score (nSPS) is 12.6. The summed E-state index contributed by atoms with van der Waals surface area (Å²) in [5.74, 6) is -1.55. The molecule has 0 saturated carbocycles. The van der Waals surface area contributed by atoms with E-state index >= 15 is 0 Å². The second-order valence-electron chi connectivity index (χ2n) is 7.59. The molecule has 0 fully saturated rings. The molecule has 1 aliphatic heterocycles. The zero-order valence-corrected chi connectivity index (χ0v) is 18.4. The lowest BCUT2D eigenvalue weighted by molar-refractivity contribution is 0.0925. The third kappa shape index (κ3) is 4.01. The number of benzene rings is 3. The molecule has 5 rings (SSSR count). The highest BCUT2D eigenvalue weighted by Gasteiger charge is 2.37. The predicted octanol–water partition coefficient (Wildman–Crippen LogP) is 3.86. The lowest BCUT2D eigenvalue weighted by Crippen LogP contribution is -2.29. The second kappa shape index (κ2) is 8.82. The van der Waals surface area contributed by atoms with Crippen molar-refractivity contribution in [3.8, 4) is 11.4 Å². The number of rotatable bonds is 6. The van der Waals surface area contributed by atoms with E-state index in [9.17, 15) is 18.8 Å². The predicted molar refractivity (Wildman–Crippen MR) is 124 cm³/mol. The average Bonchev–Trinajstić information content (AvgIpc) is 3.47. The van der Waals surface area contributed by atoms with E-state index in [0.717, 1.165) is 11.0 Å². The molecule has 0 spiro atoms. The third-order valence-corrected chi connectivity index (χ3v) is 5.43. The molecular formula is C25H18FN5O4. The average molecular weight is 471 g/mol. The lowest BCUT2D eigenvalue weighted by atomic mass is 10.1. The molecule has 0 saturated heterocycles. The van der Waals surface area contributed by atoms with Crippen LogP contribution in [0.5, 0.6) is 5.75 Å². The minimum Gasteiger partial charge on any atom is -0.494 e. The van der Waals surface area contributed by atoms with E-state index in [1.807, 2.05) is 6.92 Å². The molecule has 3 aromatic carbocycles. The van der Waals surface area contributed by atoms with Gasteiger partial charge in [-0.15, -0.1) is 0 Å². The topological polar surface area (TPSA) is 106 Å². The molecule has 0 atom stereocenters. The summed E-state index contributed by atoms with van der Waals surface area (Å²) in [5.41, 5.74) is 1.26. The monoisotopic (exact) mass is 471 g/mol. The summed E-state index contributed by atoms with van der Waals surface area (Å²) < 4.78 is 21.1. The number of carbonyl (C=O) groups is 3. The Morgan fingerprint density at radius 1 is 1.00 bits per heavy atom. The number of nitrogens with one attached hydrogen (secondary N) is 1. The highest BCUT2D eigenvalue weighted by Crippen LogP contribution is 2.30. The van der Waals surface area contributed by atoms with Crippen LogP contribution in [-0.2, 0) is 0 Å². The van der Waals surface area contributed by atoms with Crippen molar-refractivity contribution in [2.75, 3.05) is 16.8 Å². The summed E-state index contributed by atoms with van der Waals surface area (Å²) in [5, 5.41) is 6.48. The van der Waals surface area contributed by atoms with Gasteiger partial charge in [0.2, 0.25) is 0 Å². The van der Waals surface area contributed by atoms with Gasteiger partial charge in [-0.3, -0.25) is 14.4 Å². The number of imide groups is 1. The van der Waals surface area contributed by atoms with E-state index in [-0.39, 0.29) is 28.1 Å². The molecule has 9 nitrogen and oxygen atoms in total. The SMILES string of the molecule is CCOc1ccc(N2C(=O)c3ccc(C(=O)Nc4ccc(-n5cncn5)c(F)c4)cc3C2=O)cc1. The highest BCUT2D eigenvalue weighted by molar-refractivity contribution is 6.34. The number of anilines is 2. The van der Waals surface area contributed by atoms with Crippen molar-refractivity contribution in [1.82, 2.24) is 14.8 Å². The van der Waals surface area contributed by atoms with Gasteiger partial charge in [-0.2, -0.15) is 5.10 Å². The van der Waals surface area contributed by atoms with Crippen LogP contribution in [0.15, 0.2) is 73.3 Å². The minimum absolute atomic E-state index is 0.115. The number of aromatic nitrogens is 3. The number of hydrogen-bond acceptors (Lipinski definition) is 6. The maximum Gasteiger partial charge on any atom is 0.266 e. The summed E-state index contributed by atoms with van der Waals surface area (Å²) in [4.78, 5) is 43.5. The molecule has 0 unspecified atom stereocenters. The summed E-state index contributed by atoms with van der Waals surface area (Å²) >= 11 is 0. The fourth-order valence-electron chi connectivity index (χ4n) is 3.78. The second-order valence-corrected chi connectivity index (χ2v) is 7.59. The fraction of sp³-hybridized carbons (Fsp3) is 0.0800. The van der Waals surface area contributed by atoms with Gasteiger partial charge in [0.15, 0.2) is 5.82 Å². The van der Waals surface area contributed by atoms with Crippen LogP contribution in [0, 0.1) is 5.82 Å². The molecular weight excluding hydrogens is 453 g/mol. The van der Waals surface area contributed by atoms with Crippen LogP contribution in [0.25, 0.3) is 5.69 Å². The molecule has 0 radical (unpaired) electrons. The van der Waals surface area contributed by atoms with Crippen LogP contribution in [0.3, 0.4) is 0 Å². The van der Waals surface area contributed by atoms with Crippen LogP contribution in [0.4, 0.5) is 15.8 Å². The van der Waals surface area contributed by atoms with Gasteiger partial charge in [-0.25, -0.2) is 19.0 Å². The van der Waals surface area contributed by atoms with E-state index < -0.39 is 23.5 Å². The van der Waals surface area contributed by atoms with E-state index in [2.05, 4.69) is 15.4 Å². The summed E-state index contributed by atoms with van der Waals surface area (Å²) in [6, 6.07) is 15.0. The van der Waals surface area contributed by atoms with Gasteiger partial charge in [-0.1, -0.05) is 0 Å². The van der Waals surface area contributed by atoms with Crippen LogP contribution < -0.4 is 15.0 Å². The summed E-state index contributed by atoms with van der Waals surface area (Å²) in [6.45, 7) is 2.35.